The molecule has 0 aliphatic heterocycles. The van der Waals surface area contributed by atoms with Crippen molar-refractivity contribution in [1.82, 2.24) is 15.5 Å². The number of anilines is 2. The minimum absolute atomic E-state index is 0.0331. The van der Waals surface area contributed by atoms with Crippen molar-refractivity contribution in [2.24, 2.45) is 0 Å². The fraction of sp³-hybridized carbons (Fsp3) is 0.348. The fourth-order valence-corrected chi connectivity index (χ4v) is 4.46. The van der Waals surface area contributed by atoms with Gasteiger partial charge in [-0.15, -0.1) is 10.2 Å². The van der Waals surface area contributed by atoms with Gasteiger partial charge in [0, 0.05) is 12.2 Å². The van der Waals surface area contributed by atoms with Crippen LogP contribution in [-0.4, -0.2) is 41.6 Å². The number of hydrogen-bond acceptors (Lipinski definition) is 8. The van der Waals surface area contributed by atoms with Crippen LogP contribution in [0, 0.1) is 6.92 Å². The van der Waals surface area contributed by atoms with Gasteiger partial charge in [-0.1, -0.05) is 46.9 Å². The monoisotopic (exact) mass is 472 g/mol. The zero-order chi connectivity index (χ0) is 22.8. The number of benzene rings is 2. The molecule has 0 bridgehead atoms. The number of carbonyl (C=O) groups excluding carboxylic acids is 1. The molecule has 0 saturated carbocycles. The van der Waals surface area contributed by atoms with Gasteiger partial charge in [0.05, 0.1) is 19.0 Å². The van der Waals surface area contributed by atoms with Crippen LogP contribution in [0.3, 0.4) is 0 Å². The first kappa shape index (κ1) is 23.9. The van der Waals surface area contributed by atoms with E-state index in [4.69, 9.17) is 9.47 Å². The molecule has 3 rings (SSSR count). The highest BCUT2D eigenvalue weighted by Crippen LogP contribution is 2.29. The number of hydrogen-bond donors (Lipinski definition) is 2. The molecule has 0 unspecified atom stereocenters. The highest BCUT2D eigenvalue weighted by Gasteiger charge is 2.10. The number of carbonyl (C=O) groups is 1. The van der Waals surface area contributed by atoms with Gasteiger partial charge < -0.3 is 20.1 Å². The fourth-order valence-electron chi connectivity index (χ4n) is 2.85. The standard InChI is InChI=1S/C23H28N4O3S2/c1-4-29-19-11-8-17(14-20(19)30-5-2)12-13-24-21(28)15-31-23-27-26-22(32-23)25-18-9-6-16(3)7-10-18/h6-11,14H,4-5,12-13,15H2,1-3H3,(H,24,28)(H,25,26). The third kappa shape index (κ3) is 7.42. The zero-order valence-electron chi connectivity index (χ0n) is 18.5. The zero-order valence-corrected chi connectivity index (χ0v) is 20.1. The van der Waals surface area contributed by atoms with E-state index in [1.54, 1.807) is 0 Å². The normalized spacial score (nSPS) is 10.6. The molecule has 0 saturated heterocycles. The topological polar surface area (TPSA) is 85.4 Å². The second-order valence-corrected chi connectivity index (χ2v) is 9.10. The van der Waals surface area contributed by atoms with Crippen LogP contribution in [0.1, 0.15) is 25.0 Å². The average molecular weight is 473 g/mol. The third-order valence-corrected chi connectivity index (χ3v) is 6.35. The third-order valence-electron chi connectivity index (χ3n) is 4.38. The summed E-state index contributed by atoms with van der Waals surface area (Å²) in [5.41, 5.74) is 3.25. The molecule has 0 spiro atoms. The van der Waals surface area contributed by atoms with Crippen molar-refractivity contribution in [1.29, 1.82) is 0 Å². The van der Waals surface area contributed by atoms with Gasteiger partial charge in [-0.3, -0.25) is 4.79 Å². The van der Waals surface area contributed by atoms with Gasteiger partial charge in [-0.25, -0.2) is 0 Å². The Bertz CT molecular complexity index is 1010. The second kappa shape index (κ2) is 12.3. The Balaban J connectivity index is 1.41. The van der Waals surface area contributed by atoms with Crippen molar-refractivity contribution >= 4 is 39.8 Å². The summed E-state index contributed by atoms with van der Waals surface area (Å²) in [5, 5.41) is 15.2. The summed E-state index contributed by atoms with van der Waals surface area (Å²) in [5.74, 6) is 1.74. The van der Waals surface area contributed by atoms with Crippen LogP contribution >= 0.6 is 23.1 Å². The highest BCUT2D eigenvalue weighted by molar-refractivity contribution is 8.01. The van der Waals surface area contributed by atoms with E-state index in [-0.39, 0.29) is 5.91 Å². The van der Waals surface area contributed by atoms with Crippen LogP contribution in [0.2, 0.25) is 0 Å². The Labute approximate surface area is 196 Å². The maximum atomic E-state index is 12.2. The van der Waals surface area contributed by atoms with Crippen LogP contribution in [0.5, 0.6) is 11.5 Å². The largest absolute Gasteiger partial charge is 0.490 e. The minimum Gasteiger partial charge on any atom is -0.490 e. The van der Waals surface area contributed by atoms with Crippen LogP contribution in [0.15, 0.2) is 46.8 Å². The van der Waals surface area contributed by atoms with Gasteiger partial charge in [-0.05, 0) is 57.0 Å². The SMILES string of the molecule is CCOc1ccc(CCNC(=O)CSc2nnc(Nc3ccc(C)cc3)s2)cc1OCC. The van der Waals surface area contributed by atoms with E-state index in [9.17, 15) is 4.79 Å². The number of rotatable bonds is 12. The molecule has 0 fully saturated rings. The van der Waals surface area contributed by atoms with Crippen molar-refractivity contribution in [3.05, 3.63) is 53.6 Å². The van der Waals surface area contributed by atoms with Crippen molar-refractivity contribution in [2.45, 2.75) is 31.5 Å². The Hall–Kier alpha value is -2.78. The molecule has 170 valence electrons. The molecule has 0 aliphatic carbocycles. The molecular formula is C23H28N4O3S2. The Morgan fingerprint density at radius 1 is 1.03 bits per heavy atom. The summed E-state index contributed by atoms with van der Waals surface area (Å²) in [6.07, 6.45) is 0.715. The molecule has 3 aromatic rings. The predicted octanol–water partition coefficient (Wildman–Crippen LogP) is 4.84. The van der Waals surface area contributed by atoms with Gasteiger partial charge in [0.15, 0.2) is 15.8 Å². The van der Waals surface area contributed by atoms with Crippen LogP contribution < -0.4 is 20.1 Å². The van der Waals surface area contributed by atoms with Crippen LogP contribution in [-0.2, 0) is 11.2 Å². The molecule has 32 heavy (non-hydrogen) atoms. The lowest BCUT2D eigenvalue weighted by atomic mass is 10.1. The van der Waals surface area contributed by atoms with Crippen molar-refractivity contribution in [3.8, 4) is 11.5 Å². The second-order valence-electron chi connectivity index (χ2n) is 6.90. The lowest BCUT2D eigenvalue weighted by Crippen LogP contribution is -2.27. The minimum atomic E-state index is -0.0331. The number of aryl methyl sites for hydroxylation is 1. The van der Waals surface area contributed by atoms with Crippen molar-refractivity contribution < 1.29 is 14.3 Å². The Kier molecular flexibility index (Phi) is 9.18. The van der Waals surface area contributed by atoms with E-state index in [0.717, 1.165) is 27.1 Å². The summed E-state index contributed by atoms with van der Waals surface area (Å²) in [6, 6.07) is 14.0. The van der Waals surface area contributed by atoms with Gasteiger partial charge in [0.2, 0.25) is 11.0 Å². The van der Waals surface area contributed by atoms with E-state index in [0.29, 0.717) is 37.1 Å². The molecule has 0 aliphatic rings. The van der Waals surface area contributed by atoms with Crippen LogP contribution in [0.4, 0.5) is 10.8 Å². The number of aromatic nitrogens is 2. The summed E-state index contributed by atoms with van der Waals surface area (Å²) in [6.45, 7) is 7.65. The lowest BCUT2D eigenvalue weighted by Gasteiger charge is -2.12. The molecule has 0 radical (unpaired) electrons. The first-order valence-electron chi connectivity index (χ1n) is 10.5. The molecule has 7 nitrogen and oxygen atoms in total. The number of thioether (sulfide) groups is 1. The smallest absolute Gasteiger partial charge is 0.230 e. The summed E-state index contributed by atoms with van der Waals surface area (Å²) in [4.78, 5) is 12.2. The number of ether oxygens (including phenoxy) is 2. The van der Waals surface area contributed by atoms with E-state index in [1.165, 1.54) is 28.7 Å². The van der Waals surface area contributed by atoms with Gasteiger partial charge in [-0.2, -0.15) is 0 Å². The molecule has 2 aromatic carbocycles. The molecule has 1 amide bonds. The molecule has 1 aromatic heterocycles. The number of nitrogens with zero attached hydrogens (tertiary/aromatic N) is 2. The first-order valence-corrected chi connectivity index (χ1v) is 12.3. The Morgan fingerprint density at radius 2 is 1.78 bits per heavy atom. The van der Waals surface area contributed by atoms with Crippen molar-refractivity contribution in [2.75, 3.05) is 30.8 Å². The summed E-state index contributed by atoms with van der Waals surface area (Å²) >= 11 is 2.81. The van der Waals surface area contributed by atoms with Gasteiger partial charge in [0.1, 0.15) is 0 Å². The molecule has 2 N–H and O–H groups in total. The summed E-state index contributed by atoms with van der Waals surface area (Å²) in [7, 11) is 0. The number of amides is 1. The quantitative estimate of drug-likeness (QED) is 0.365. The van der Waals surface area contributed by atoms with Crippen molar-refractivity contribution in [3.63, 3.8) is 0 Å². The van der Waals surface area contributed by atoms with E-state index >= 15 is 0 Å². The first-order chi connectivity index (χ1) is 15.6. The van der Waals surface area contributed by atoms with E-state index in [2.05, 4.69) is 20.8 Å². The molecule has 1 heterocycles. The predicted molar refractivity (Wildman–Crippen MR) is 131 cm³/mol. The molecule has 9 heteroatoms. The lowest BCUT2D eigenvalue weighted by molar-refractivity contribution is -0.118. The highest BCUT2D eigenvalue weighted by atomic mass is 32.2. The van der Waals surface area contributed by atoms with E-state index in [1.807, 2.05) is 63.2 Å². The number of nitrogens with one attached hydrogen (secondary N) is 2. The van der Waals surface area contributed by atoms with Gasteiger partial charge >= 0.3 is 0 Å². The maximum absolute atomic E-state index is 12.2. The van der Waals surface area contributed by atoms with Gasteiger partial charge in [0.25, 0.3) is 0 Å². The molecule has 0 atom stereocenters. The average Bonchev–Trinajstić information content (AvgIpc) is 3.23. The Morgan fingerprint density at radius 3 is 2.53 bits per heavy atom. The maximum Gasteiger partial charge on any atom is 0.230 e. The van der Waals surface area contributed by atoms with Crippen LogP contribution in [0.25, 0.3) is 0 Å². The molecular weight excluding hydrogens is 444 g/mol. The van der Waals surface area contributed by atoms with E-state index < -0.39 is 0 Å². The summed E-state index contributed by atoms with van der Waals surface area (Å²) < 4.78 is 12.0.